The molecule has 1 aromatic carbocycles. The predicted octanol–water partition coefficient (Wildman–Crippen LogP) is 2.83. The van der Waals surface area contributed by atoms with E-state index < -0.39 is 0 Å². The van der Waals surface area contributed by atoms with Crippen LogP contribution in [0.25, 0.3) is 0 Å². The summed E-state index contributed by atoms with van der Waals surface area (Å²) < 4.78 is 0.947. The van der Waals surface area contributed by atoms with Crippen molar-refractivity contribution in [2.24, 2.45) is 0 Å². The van der Waals surface area contributed by atoms with E-state index in [9.17, 15) is 0 Å². The lowest BCUT2D eigenvalue weighted by Gasteiger charge is -2.30. The highest BCUT2D eigenvalue weighted by Crippen LogP contribution is 2.23. The normalized spacial score (nSPS) is 17.7. The summed E-state index contributed by atoms with van der Waals surface area (Å²) in [5, 5.41) is 12.6. The molecule has 3 nitrogen and oxygen atoms in total. The lowest BCUT2D eigenvalue weighted by Crippen LogP contribution is -2.36. The molecule has 1 fully saturated rings. The standard InChI is InChI=1S/C13H16BrN3/c1-17-6-4-12(5-7-17)16-13-3-2-11(14)8-10(13)9-15/h2-3,8,12,16H,4-7H2,1H3. The maximum Gasteiger partial charge on any atom is 0.101 e. The van der Waals surface area contributed by atoms with E-state index in [-0.39, 0.29) is 0 Å². The molecule has 1 aromatic rings. The van der Waals surface area contributed by atoms with E-state index in [0.717, 1.165) is 36.1 Å². The van der Waals surface area contributed by atoms with Crippen molar-refractivity contribution in [2.75, 3.05) is 25.5 Å². The van der Waals surface area contributed by atoms with Gasteiger partial charge in [0.25, 0.3) is 0 Å². The Balaban J connectivity index is 2.06. The van der Waals surface area contributed by atoms with Gasteiger partial charge in [-0.3, -0.25) is 0 Å². The summed E-state index contributed by atoms with van der Waals surface area (Å²) in [7, 11) is 2.15. The third kappa shape index (κ3) is 3.21. The topological polar surface area (TPSA) is 39.1 Å². The van der Waals surface area contributed by atoms with Gasteiger partial charge in [-0.05, 0) is 51.2 Å². The maximum atomic E-state index is 9.10. The Labute approximate surface area is 111 Å². The first kappa shape index (κ1) is 12.4. The number of hydrogen-bond donors (Lipinski definition) is 1. The van der Waals surface area contributed by atoms with Crippen molar-refractivity contribution in [3.05, 3.63) is 28.2 Å². The van der Waals surface area contributed by atoms with E-state index in [1.807, 2.05) is 18.2 Å². The molecule has 1 aliphatic rings. The van der Waals surface area contributed by atoms with E-state index in [1.165, 1.54) is 0 Å². The number of piperidine rings is 1. The van der Waals surface area contributed by atoms with E-state index in [1.54, 1.807) is 0 Å². The van der Waals surface area contributed by atoms with Gasteiger partial charge < -0.3 is 10.2 Å². The fraction of sp³-hybridized carbons (Fsp3) is 0.462. The van der Waals surface area contributed by atoms with Gasteiger partial charge in [0.2, 0.25) is 0 Å². The minimum absolute atomic E-state index is 0.486. The van der Waals surface area contributed by atoms with E-state index in [0.29, 0.717) is 11.6 Å². The Morgan fingerprint density at radius 1 is 1.41 bits per heavy atom. The molecule has 0 bridgehead atoms. The van der Waals surface area contributed by atoms with Gasteiger partial charge in [0.15, 0.2) is 0 Å². The molecule has 0 aromatic heterocycles. The minimum Gasteiger partial charge on any atom is -0.381 e. The third-order valence-electron chi connectivity index (χ3n) is 3.18. The first-order valence-corrected chi connectivity index (χ1v) is 6.63. The maximum absolute atomic E-state index is 9.10. The zero-order chi connectivity index (χ0) is 12.3. The van der Waals surface area contributed by atoms with E-state index >= 15 is 0 Å². The number of halogens is 1. The Morgan fingerprint density at radius 3 is 2.76 bits per heavy atom. The van der Waals surface area contributed by atoms with Gasteiger partial charge in [0, 0.05) is 10.5 Å². The molecule has 0 aliphatic carbocycles. The van der Waals surface area contributed by atoms with Crippen molar-refractivity contribution in [1.29, 1.82) is 5.26 Å². The summed E-state index contributed by atoms with van der Waals surface area (Å²) in [5.41, 5.74) is 1.66. The summed E-state index contributed by atoms with van der Waals surface area (Å²) in [6.45, 7) is 2.24. The highest BCUT2D eigenvalue weighted by Gasteiger charge is 2.17. The van der Waals surface area contributed by atoms with Gasteiger partial charge in [-0.25, -0.2) is 0 Å². The van der Waals surface area contributed by atoms with Crippen molar-refractivity contribution < 1.29 is 0 Å². The first-order chi connectivity index (χ1) is 8.19. The SMILES string of the molecule is CN1CCC(Nc2ccc(Br)cc2C#N)CC1. The monoisotopic (exact) mass is 293 g/mol. The van der Waals surface area contributed by atoms with Crippen LogP contribution in [-0.2, 0) is 0 Å². The van der Waals surface area contributed by atoms with Gasteiger partial charge in [-0.15, -0.1) is 0 Å². The Kier molecular flexibility index (Phi) is 4.03. The number of nitrogens with one attached hydrogen (secondary N) is 1. The van der Waals surface area contributed by atoms with Crippen molar-refractivity contribution in [3.8, 4) is 6.07 Å². The molecule has 17 heavy (non-hydrogen) atoms. The molecule has 2 rings (SSSR count). The summed E-state index contributed by atoms with van der Waals surface area (Å²) in [5.74, 6) is 0. The molecule has 0 saturated carbocycles. The van der Waals surface area contributed by atoms with Crippen molar-refractivity contribution >= 4 is 21.6 Å². The number of likely N-dealkylation sites (tertiary alicyclic amines) is 1. The van der Waals surface area contributed by atoms with Crippen molar-refractivity contribution in [3.63, 3.8) is 0 Å². The molecule has 1 heterocycles. The molecule has 0 unspecified atom stereocenters. The second-order valence-corrected chi connectivity index (χ2v) is 5.44. The van der Waals surface area contributed by atoms with Crippen LogP contribution in [0, 0.1) is 11.3 Å². The zero-order valence-electron chi connectivity index (χ0n) is 9.91. The van der Waals surface area contributed by atoms with Crippen LogP contribution in [0.2, 0.25) is 0 Å². The molecule has 0 atom stereocenters. The fourth-order valence-corrected chi connectivity index (χ4v) is 2.47. The summed E-state index contributed by atoms with van der Waals surface area (Å²) in [4.78, 5) is 2.34. The van der Waals surface area contributed by atoms with Crippen LogP contribution in [0.5, 0.6) is 0 Å². The van der Waals surface area contributed by atoms with Crippen molar-refractivity contribution in [1.82, 2.24) is 4.90 Å². The summed E-state index contributed by atoms with van der Waals surface area (Å²) >= 11 is 3.38. The summed E-state index contributed by atoms with van der Waals surface area (Å²) in [6.07, 6.45) is 2.27. The van der Waals surface area contributed by atoms with Gasteiger partial charge in [0.05, 0.1) is 11.3 Å². The van der Waals surface area contributed by atoms with E-state index in [4.69, 9.17) is 5.26 Å². The lowest BCUT2D eigenvalue weighted by molar-refractivity contribution is 0.264. The molecule has 1 N–H and O–H groups in total. The van der Waals surface area contributed by atoms with Crippen LogP contribution in [0.3, 0.4) is 0 Å². The number of benzene rings is 1. The Hall–Kier alpha value is -1.05. The van der Waals surface area contributed by atoms with Crippen LogP contribution in [-0.4, -0.2) is 31.1 Å². The molecular weight excluding hydrogens is 278 g/mol. The van der Waals surface area contributed by atoms with Gasteiger partial charge in [0.1, 0.15) is 6.07 Å². The average Bonchev–Trinajstić information content (AvgIpc) is 2.34. The number of nitrogens with zero attached hydrogens (tertiary/aromatic N) is 2. The number of nitriles is 1. The molecule has 0 radical (unpaired) electrons. The Bertz CT molecular complexity index is 431. The summed E-state index contributed by atoms with van der Waals surface area (Å²) in [6, 6.07) is 8.52. The van der Waals surface area contributed by atoms with E-state index in [2.05, 4.69) is 39.3 Å². The van der Waals surface area contributed by atoms with Crippen LogP contribution >= 0.6 is 15.9 Å². The Morgan fingerprint density at radius 2 is 2.12 bits per heavy atom. The highest BCUT2D eigenvalue weighted by molar-refractivity contribution is 9.10. The fourth-order valence-electron chi connectivity index (χ4n) is 2.11. The van der Waals surface area contributed by atoms with Gasteiger partial charge in [-0.1, -0.05) is 15.9 Å². The van der Waals surface area contributed by atoms with Crippen LogP contribution in [0.1, 0.15) is 18.4 Å². The van der Waals surface area contributed by atoms with Crippen LogP contribution < -0.4 is 5.32 Å². The smallest absolute Gasteiger partial charge is 0.101 e. The second-order valence-electron chi connectivity index (χ2n) is 4.52. The molecule has 0 amide bonds. The third-order valence-corrected chi connectivity index (χ3v) is 3.67. The molecule has 1 aliphatic heterocycles. The largest absolute Gasteiger partial charge is 0.381 e. The zero-order valence-corrected chi connectivity index (χ0v) is 11.5. The molecule has 0 spiro atoms. The number of anilines is 1. The van der Waals surface area contributed by atoms with Crippen molar-refractivity contribution in [2.45, 2.75) is 18.9 Å². The second kappa shape index (κ2) is 5.52. The quantitative estimate of drug-likeness (QED) is 0.911. The lowest BCUT2D eigenvalue weighted by atomic mass is 10.0. The number of hydrogen-bond acceptors (Lipinski definition) is 3. The highest BCUT2D eigenvalue weighted by atomic mass is 79.9. The van der Waals surface area contributed by atoms with Crippen LogP contribution in [0.4, 0.5) is 5.69 Å². The van der Waals surface area contributed by atoms with Gasteiger partial charge >= 0.3 is 0 Å². The predicted molar refractivity (Wildman–Crippen MR) is 73.0 cm³/mol. The minimum atomic E-state index is 0.486. The molecule has 1 saturated heterocycles. The molecular formula is C13H16BrN3. The molecule has 90 valence electrons. The van der Waals surface area contributed by atoms with Crippen LogP contribution in [0.15, 0.2) is 22.7 Å². The first-order valence-electron chi connectivity index (χ1n) is 5.84. The average molecular weight is 294 g/mol. The molecule has 4 heteroatoms. The van der Waals surface area contributed by atoms with Gasteiger partial charge in [-0.2, -0.15) is 5.26 Å². The number of rotatable bonds is 2.